The van der Waals surface area contributed by atoms with E-state index in [-0.39, 0.29) is 29.6 Å². The van der Waals surface area contributed by atoms with Crippen LogP contribution < -0.4 is 15.0 Å². The van der Waals surface area contributed by atoms with Gasteiger partial charge in [-0.05, 0) is 66.5 Å². The van der Waals surface area contributed by atoms with E-state index in [0.717, 1.165) is 42.9 Å². The minimum atomic E-state index is -0.788. The number of halogens is 2. The average molecular weight is 642 g/mol. The van der Waals surface area contributed by atoms with Gasteiger partial charge in [0, 0.05) is 50.8 Å². The van der Waals surface area contributed by atoms with Crippen LogP contribution in [0.15, 0.2) is 75.7 Å². The first kappa shape index (κ1) is 25.0. The van der Waals surface area contributed by atoms with Gasteiger partial charge in [0.05, 0.1) is 6.61 Å². The van der Waals surface area contributed by atoms with Crippen LogP contribution in [0.4, 0.5) is 11.4 Å². The van der Waals surface area contributed by atoms with E-state index in [1.165, 1.54) is 0 Å². The Kier molecular flexibility index (Phi) is 6.62. The third kappa shape index (κ3) is 4.12. The quantitative estimate of drug-likeness (QED) is 0.335. The molecular formula is C29H26Br2N2O3S. The molecule has 0 aliphatic carbocycles. The molecule has 2 fully saturated rings. The van der Waals surface area contributed by atoms with Crippen molar-refractivity contribution in [2.45, 2.75) is 24.0 Å². The Hall–Kier alpha value is -2.29. The van der Waals surface area contributed by atoms with E-state index in [2.05, 4.69) is 49.3 Å². The molecule has 3 aromatic carbocycles. The molecule has 3 aliphatic rings. The zero-order valence-corrected chi connectivity index (χ0v) is 24.2. The fraction of sp³-hybridized carbons (Fsp3) is 0.310. The predicted molar refractivity (Wildman–Crippen MR) is 155 cm³/mol. The number of rotatable bonds is 4. The number of thioether (sulfide) groups is 1. The number of hydrogen-bond donors (Lipinski definition) is 1. The Bertz CT molecular complexity index is 1380. The highest BCUT2D eigenvalue weighted by Crippen LogP contribution is 2.64. The fourth-order valence-electron chi connectivity index (χ4n) is 6.22. The van der Waals surface area contributed by atoms with Crippen molar-refractivity contribution in [2.75, 3.05) is 29.1 Å². The first-order chi connectivity index (χ1) is 17.9. The molecule has 2 amide bonds. The summed E-state index contributed by atoms with van der Waals surface area (Å²) in [6.07, 6.45) is 0.462. The summed E-state index contributed by atoms with van der Waals surface area (Å²) in [4.78, 5) is 29.3. The van der Waals surface area contributed by atoms with Gasteiger partial charge in [-0.1, -0.05) is 56.1 Å². The van der Waals surface area contributed by atoms with E-state index in [1.807, 2.05) is 66.4 Å². The van der Waals surface area contributed by atoms with Gasteiger partial charge in [-0.3, -0.25) is 9.59 Å². The Labute approximate surface area is 237 Å². The van der Waals surface area contributed by atoms with Crippen LogP contribution in [0.5, 0.6) is 5.75 Å². The molecule has 1 N–H and O–H groups in total. The van der Waals surface area contributed by atoms with Gasteiger partial charge in [0.1, 0.15) is 10.5 Å². The molecular weight excluding hydrogens is 616 g/mol. The van der Waals surface area contributed by atoms with Crippen molar-refractivity contribution in [1.82, 2.24) is 0 Å². The molecule has 8 heteroatoms. The lowest BCUT2D eigenvalue weighted by Crippen LogP contribution is -2.55. The van der Waals surface area contributed by atoms with Gasteiger partial charge in [-0.15, -0.1) is 11.8 Å². The van der Waals surface area contributed by atoms with Gasteiger partial charge in [0.15, 0.2) is 0 Å². The SMILES string of the molecule is CCOc1cccc(N2C[C@H]3[C@@H](CS[C@]4(C(=O)Nc5cccc(Br)c54)[C@@H]3c3ccc(Br)cc3)CC2=O)c1. The standard InChI is InChI=1S/C29H26Br2N2O3S/c1-2-36-21-6-3-5-20(14-21)33-15-22-18(13-25(33)34)16-37-29(26(22)17-9-11-19(30)12-10-17)27-23(31)7-4-8-24(27)32-28(29)35/h3-12,14,18,22,26H,2,13,15-16H2,1H3,(H,32,35)/t18-,22+,26-,29-/m1/s1. The second-order valence-corrected chi connectivity index (χ2v) is 12.8. The van der Waals surface area contributed by atoms with Crippen molar-refractivity contribution in [3.8, 4) is 5.75 Å². The lowest BCUT2D eigenvalue weighted by molar-refractivity contribution is -0.122. The first-order valence-corrected chi connectivity index (χ1v) is 15.0. The van der Waals surface area contributed by atoms with Crippen LogP contribution >= 0.6 is 43.6 Å². The number of hydrogen-bond acceptors (Lipinski definition) is 4. The highest BCUT2D eigenvalue weighted by Gasteiger charge is 2.61. The van der Waals surface area contributed by atoms with Crippen molar-refractivity contribution in [3.63, 3.8) is 0 Å². The molecule has 2 saturated heterocycles. The third-order valence-corrected chi connectivity index (χ3v) is 10.7. The molecule has 3 aliphatic heterocycles. The van der Waals surface area contributed by atoms with E-state index in [9.17, 15) is 9.59 Å². The van der Waals surface area contributed by atoms with Gasteiger partial charge in [-0.2, -0.15) is 0 Å². The second kappa shape index (κ2) is 9.79. The number of piperidine rings is 1. The van der Waals surface area contributed by atoms with Crippen LogP contribution in [0.3, 0.4) is 0 Å². The van der Waals surface area contributed by atoms with Crippen LogP contribution in [0, 0.1) is 11.8 Å². The number of nitrogens with one attached hydrogen (secondary N) is 1. The molecule has 3 heterocycles. The molecule has 4 atom stereocenters. The van der Waals surface area contributed by atoms with Crippen molar-refractivity contribution >= 4 is 66.8 Å². The van der Waals surface area contributed by atoms with E-state index >= 15 is 0 Å². The summed E-state index contributed by atoms with van der Waals surface area (Å²) in [5.74, 6) is 1.82. The first-order valence-electron chi connectivity index (χ1n) is 12.5. The molecule has 3 aromatic rings. The molecule has 0 unspecified atom stereocenters. The van der Waals surface area contributed by atoms with Crippen LogP contribution in [-0.4, -0.2) is 30.7 Å². The Balaban J connectivity index is 1.48. The molecule has 37 heavy (non-hydrogen) atoms. The molecule has 0 radical (unpaired) electrons. The Morgan fingerprint density at radius 3 is 2.65 bits per heavy atom. The average Bonchev–Trinajstić information content (AvgIpc) is 3.17. The Morgan fingerprint density at radius 1 is 1.08 bits per heavy atom. The minimum absolute atomic E-state index is 0.0209. The largest absolute Gasteiger partial charge is 0.494 e. The Morgan fingerprint density at radius 2 is 1.86 bits per heavy atom. The fourth-order valence-corrected chi connectivity index (χ4v) is 9.17. The summed E-state index contributed by atoms with van der Waals surface area (Å²) >= 11 is 9.04. The van der Waals surface area contributed by atoms with Crippen LogP contribution in [0.25, 0.3) is 0 Å². The van der Waals surface area contributed by atoms with Crippen molar-refractivity contribution < 1.29 is 14.3 Å². The maximum atomic E-state index is 14.0. The molecule has 5 nitrogen and oxygen atoms in total. The summed E-state index contributed by atoms with van der Waals surface area (Å²) in [5, 5.41) is 3.18. The van der Waals surface area contributed by atoms with Crippen LogP contribution in [-0.2, 0) is 14.3 Å². The van der Waals surface area contributed by atoms with Crippen molar-refractivity contribution in [2.24, 2.45) is 11.8 Å². The normalized spacial score (nSPS) is 26.6. The summed E-state index contributed by atoms with van der Waals surface area (Å²) in [6.45, 7) is 3.07. The highest BCUT2D eigenvalue weighted by atomic mass is 79.9. The number of fused-ring (bicyclic) bond motifs is 3. The van der Waals surface area contributed by atoms with Gasteiger partial charge >= 0.3 is 0 Å². The number of carbonyl (C=O) groups excluding carboxylic acids is 2. The lowest BCUT2D eigenvalue weighted by Gasteiger charge is -2.52. The van der Waals surface area contributed by atoms with Gasteiger partial charge in [0.25, 0.3) is 0 Å². The number of ether oxygens (including phenoxy) is 1. The monoisotopic (exact) mass is 640 g/mol. The van der Waals surface area contributed by atoms with E-state index in [0.29, 0.717) is 19.6 Å². The number of amides is 2. The minimum Gasteiger partial charge on any atom is -0.494 e. The summed E-state index contributed by atoms with van der Waals surface area (Å²) in [5.41, 5.74) is 3.83. The third-order valence-electron chi connectivity index (χ3n) is 7.77. The van der Waals surface area contributed by atoms with E-state index in [4.69, 9.17) is 4.74 Å². The number of nitrogens with zero attached hydrogens (tertiary/aromatic N) is 1. The van der Waals surface area contributed by atoms with Crippen LogP contribution in [0.1, 0.15) is 30.4 Å². The zero-order chi connectivity index (χ0) is 25.7. The number of carbonyl (C=O) groups is 2. The molecule has 0 bridgehead atoms. The summed E-state index contributed by atoms with van der Waals surface area (Å²) in [7, 11) is 0. The lowest BCUT2D eigenvalue weighted by atomic mass is 9.66. The van der Waals surface area contributed by atoms with E-state index < -0.39 is 4.75 Å². The molecule has 1 spiro atoms. The van der Waals surface area contributed by atoms with Gasteiger partial charge in [0.2, 0.25) is 11.8 Å². The molecule has 190 valence electrons. The topological polar surface area (TPSA) is 58.6 Å². The molecule has 6 rings (SSSR count). The maximum absolute atomic E-state index is 14.0. The van der Waals surface area contributed by atoms with E-state index in [1.54, 1.807) is 11.8 Å². The molecule has 0 aromatic heterocycles. The summed E-state index contributed by atoms with van der Waals surface area (Å²) < 4.78 is 6.86. The summed E-state index contributed by atoms with van der Waals surface area (Å²) in [6, 6.07) is 22.0. The highest BCUT2D eigenvalue weighted by molar-refractivity contribution is 9.10. The van der Waals surface area contributed by atoms with Crippen molar-refractivity contribution in [3.05, 3.63) is 86.8 Å². The van der Waals surface area contributed by atoms with Gasteiger partial charge in [-0.25, -0.2) is 0 Å². The molecule has 0 saturated carbocycles. The predicted octanol–water partition coefficient (Wildman–Crippen LogP) is 6.96. The van der Waals surface area contributed by atoms with Crippen molar-refractivity contribution in [1.29, 1.82) is 0 Å². The zero-order valence-electron chi connectivity index (χ0n) is 20.2. The number of benzene rings is 3. The smallest absolute Gasteiger partial charge is 0.245 e. The van der Waals surface area contributed by atoms with Crippen LogP contribution in [0.2, 0.25) is 0 Å². The second-order valence-electron chi connectivity index (χ2n) is 9.76. The maximum Gasteiger partial charge on any atom is 0.245 e. The number of anilines is 2. The van der Waals surface area contributed by atoms with Gasteiger partial charge < -0.3 is 15.0 Å².